The van der Waals surface area contributed by atoms with Gasteiger partial charge in [-0.25, -0.2) is 9.07 Å². The highest BCUT2D eigenvalue weighted by Gasteiger charge is 2.23. The summed E-state index contributed by atoms with van der Waals surface area (Å²) in [6.45, 7) is 2.42. The van der Waals surface area contributed by atoms with Crippen LogP contribution in [0.15, 0.2) is 53.5 Å². The van der Waals surface area contributed by atoms with Crippen LogP contribution in [-0.4, -0.2) is 26.3 Å². The largest absolute Gasteiger partial charge is 0.352 e. The number of hydrogen-bond acceptors (Lipinski definition) is 3. The van der Waals surface area contributed by atoms with Crippen molar-refractivity contribution in [2.24, 2.45) is 0 Å². The van der Waals surface area contributed by atoms with Gasteiger partial charge in [0.25, 0.3) is 5.56 Å². The van der Waals surface area contributed by atoms with E-state index in [4.69, 9.17) is 0 Å². The number of carbonyl (C=O) groups excluding carboxylic acids is 1. The zero-order chi connectivity index (χ0) is 22.9. The monoisotopic (exact) mass is 446 g/mol. The van der Waals surface area contributed by atoms with Gasteiger partial charge in [-0.3, -0.25) is 9.59 Å². The molecule has 1 fully saturated rings. The van der Waals surface area contributed by atoms with Crippen LogP contribution in [-0.2, 0) is 17.9 Å². The van der Waals surface area contributed by atoms with Crippen molar-refractivity contribution in [3.05, 3.63) is 76.0 Å². The van der Waals surface area contributed by atoms with Gasteiger partial charge in [0.15, 0.2) is 0 Å². The van der Waals surface area contributed by atoms with Gasteiger partial charge in [-0.15, -0.1) is 0 Å². The molecule has 2 heterocycles. The number of amides is 1. The standard InChI is InChI=1S/C26H27FN4O2/c1-17-6-5-7-18(12-17)14-30-15-22-25(21-13-19(27)10-11-23(21)30)29-31(26(22)33)16-24(32)28-20-8-3-2-4-9-20/h5-7,10-13,15,20H,2-4,8-9,14,16H2,1H3,(H,28,32). The minimum Gasteiger partial charge on any atom is -0.352 e. The van der Waals surface area contributed by atoms with E-state index >= 15 is 0 Å². The maximum atomic E-state index is 14.2. The number of halogens is 1. The number of nitrogens with one attached hydrogen (secondary N) is 1. The zero-order valence-corrected chi connectivity index (χ0v) is 18.7. The van der Waals surface area contributed by atoms with Gasteiger partial charge in [-0.05, 0) is 43.5 Å². The number of nitrogens with zero attached hydrogens (tertiary/aromatic N) is 3. The number of aryl methyl sites for hydroxylation is 1. The van der Waals surface area contributed by atoms with E-state index in [9.17, 15) is 14.0 Å². The fourth-order valence-electron chi connectivity index (χ4n) is 4.85. The third-order valence-electron chi connectivity index (χ3n) is 6.45. The van der Waals surface area contributed by atoms with Crippen LogP contribution >= 0.6 is 0 Å². The molecule has 0 unspecified atom stereocenters. The fraction of sp³-hybridized carbons (Fsp3) is 0.346. The first-order valence-corrected chi connectivity index (χ1v) is 11.5. The van der Waals surface area contributed by atoms with Gasteiger partial charge in [0, 0.05) is 24.2 Å². The lowest BCUT2D eigenvalue weighted by molar-refractivity contribution is -0.122. The van der Waals surface area contributed by atoms with E-state index in [0.717, 1.165) is 42.3 Å². The van der Waals surface area contributed by atoms with E-state index in [2.05, 4.69) is 16.5 Å². The maximum Gasteiger partial charge on any atom is 0.278 e. The molecule has 3 aliphatic rings. The fourth-order valence-corrected chi connectivity index (χ4v) is 4.85. The molecule has 0 bridgehead atoms. The van der Waals surface area contributed by atoms with Crippen LogP contribution in [0.5, 0.6) is 0 Å². The molecule has 7 heteroatoms. The predicted molar refractivity (Wildman–Crippen MR) is 126 cm³/mol. The molecule has 2 aromatic rings. The van der Waals surface area contributed by atoms with Gasteiger partial charge in [-0.2, -0.15) is 5.10 Å². The van der Waals surface area contributed by atoms with Gasteiger partial charge in [0.1, 0.15) is 18.1 Å². The van der Waals surface area contributed by atoms with Crippen LogP contribution in [0.3, 0.4) is 0 Å². The Morgan fingerprint density at radius 1 is 1.15 bits per heavy atom. The van der Waals surface area contributed by atoms with Gasteiger partial charge in [0.05, 0.1) is 11.1 Å². The quantitative estimate of drug-likeness (QED) is 0.498. The van der Waals surface area contributed by atoms with Crippen LogP contribution < -0.4 is 10.9 Å². The Morgan fingerprint density at radius 2 is 1.97 bits per heavy atom. The average molecular weight is 447 g/mol. The molecule has 0 saturated heterocycles. The Hall–Kier alpha value is -3.48. The molecule has 170 valence electrons. The summed E-state index contributed by atoms with van der Waals surface area (Å²) in [6.07, 6.45) is 7.14. The molecular formula is C26H27FN4O2. The van der Waals surface area contributed by atoms with Gasteiger partial charge in [-0.1, -0.05) is 49.1 Å². The Bertz CT molecular complexity index is 1350. The van der Waals surface area contributed by atoms with Crippen molar-refractivity contribution in [2.45, 2.75) is 58.2 Å². The summed E-state index contributed by atoms with van der Waals surface area (Å²) >= 11 is 0. The predicted octanol–water partition coefficient (Wildman–Crippen LogP) is 4.25. The Kier molecular flexibility index (Phi) is 5.70. The summed E-state index contributed by atoms with van der Waals surface area (Å²) in [4.78, 5) is 25.7. The number of carbonyl (C=O) groups is 1. The van der Waals surface area contributed by atoms with E-state index < -0.39 is 5.82 Å². The second-order valence-corrected chi connectivity index (χ2v) is 9.04. The molecule has 33 heavy (non-hydrogen) atoms. The Labute approximate surface area is 191 Å². The first kappa shape index (κ1) is 21.4. The van der Waals surface area contributed by atoms with Crippen LogP contribution in [0.1, 0.15) is 43.2 Å². The van der Waals surface area contributed by atoms with E-state index in [1.807, 2.05) is 29.7 Å². The highest BCUT2D eigenvalue weighted by Crippen LogP contribution is 2.29. The molecule has 1 aliphatic carbocycles. The summed E-state index contributed by atoms with van der Waals surface area (Å²) in [6, 6.07) is 12.8. The molecule has 2 aliphatic heterocycles. The summed E-state index contributed by atoms with van der Waals surface area (Å²) in [7, 11) is 0. The van der Waals surface area contributed by atoms with Crippen molar-refractivity contribution in [3.8, 4) is 11.3 Å². The van der Waals surface area contributed by atoms with Gasteiger partial charge < -0.3 is 9.88 Å². The van der Waals surface area contributed by atoms with Crippen LogP contribution in [0.4, 0.5) is 4.39 Å². The molecule has 0 spiro atoms. The topological polar surface area (TPSA) is 68.9 Å². The molecule has 0 aromatic heterocycles. The van der Waals surface area contributed by atoms with Crippen molar-refractivity contribution in [3.63, 3.8) is 0 Å². The minimum atomic E-state index is -0.394. The van der Waals surface area contributed by atoms with Crippen molar-refractivity contribution in [2.75, 3.05) is 0 Å². The molecule has 1 saturated carbocycles. The minimum absolute atomic E-state index is 0.140. The highest BCUT2D eigenvalue weighted by molar-refractivity contribution is 5.93. The van der Waals surface area contributed by atoms with E-state index in [-0.39, 0.29) is 24.1 Å². The molecule has 2 aromatic carbocycles. The lowest BCUT2D eigenvalue weighted by Crippen LogP contribution is -2.39. The Balaban J connectivity index is 1.53. The third-order valence-corrected chi connectivity index (χ3v) is 6.45. The molecule has 6 nitrogen and oxygen atoms in total. The lowest BCUT2D eigenvalue weighted by atomic mass is 9.95. The second kappa shape index (κ2) is 8.81. The number of rotatable bonds is 5. The summed E-state index contributed by atoms with van der Waals surface area (Å²) in [5, 5.41) is 8.03. The molecule has 0 atom stereocenters. The average Bonchev–Trinajstić information content (AvgIpc) is 3.10. The zero-order valence-electron chi connectivity index (χ0n) is 18.7. The molecule has 1 amide bonds. The normalized spacial score (nSPS) is 14.7. The number of aromatic nitrogens is 3. The van der Waals surface area contributed by atoms with E-state index in [1.165, 1.54) is 23.2 Å². The number of fused-ring (bicyclic) bond motifs is 3. The van der Waals surface area contributed by atoms with Crippen LogP contribution in [0.25, 0.3) is 22.2 Å². The Morgan fingerprint density at radius 3 is 2.76 bits per heavy atom. The second-order valence-electron chi connectivity index (χ2n) is 9.04. The lowest BCUT2D eigenvalue weighted by Gasteiger charge is -2.22. The molecular weight excluding hydrogens is 419 g/mol. The van der Waals surface area contributed by atoms with Crippen molar-refractivity contribution in [1.29, 1.82) is 0 Å². The first-order valence-electron chi connectivity index (χ1n) is 11.5. The van der Waals surface area contributed by atoms with E-state index in [1.54, 1.807) is 12.3 Å². The third kappa shape index (κ3) is 4.40. The number of benzene rings is 2. The van der Waals surface area contributed by atoms with E-state index in [0.29, 0.717) is 23.2 Å². The maximum absolute atomic E-state index is 14.2. The van der Waals surface area contributed by atoms with Gasteiger partial charge in [0.2, 0.25) is 5.91 Å². The summed E-state index contributed by atoms with van der Waals surface area (Å²) in [5.74, 6) is -0.607. The summed E-state index contributed by atoms with van der Waals surface area (Å²) < 4.78 is 17.3. The first-order chi connectivity index (χ1) is 16.0. The molecule has 1 N–H and O–H groups in total. The van der Waals surface area contributed by atoms with Crippen molar-refractivity contribution in [1.82, 2.24) is 19.7 Å². The number of pyridine rings is 1. The number of hydrogen-bond donors (Lipinski definition) is 1. The van der Waals surface area contributed by atoms with Crippen molar-refractivity contribution < 1.29 is 9.18 Å². The van der Waals surface area contributed by atoms with Crippen molar-refractivity contribution >= 4 is 16.8 Å². The molecule has 5 rings (SSSR count). The molecule has 0 radical (unpaired) electrons. The van der Waals surface area contributed by atoms with Gasteiger partial charge >= 0.3 is 0 Å². The SMILES string of the molecule is Cc1cccc(Cn2cc3c(=O)n(CC(=O)NC4CCCCC4)nc-3c3cc(F)ccc32)c1. The summed E-state index contributed by atoms with van der Waals surface area (Å²) in [5.41, 5.74) is 3.46. The smallest absolute Gasteiger partial charge is 0.278 e. The van der Waals surface area contributed by atoms with Crippen LogP contribution in [0.2, 0.25) is 0 Å². The van der Waals surface area contributed by atoms with Crippen LogP contribution in [0, 0.1) is 12.7 Å². The highest BCUT2D eigenvalue weighted by atomic mass is 19.1.